The number of hydrogen-bond acceptors (Lipinski definition) is 2. The van der Waals surface area contributed by atoms with Gasteiger partial charge in [0.1, 0.15) is 5.65 Å². The Kier molecular flexibility index (Phi) is 2.53. The third kappa shape index (κ3) is 2.22. The van der Waals surface area contributed by atoms with E-state index in [-0.39, 0.29) is 16.6 Å². The summed E-state index contributed by atoms with van der Waals surface area (Å²) >= 11 is 0. The van der Waals surface area contributed by atoms with Crippen LogP contribution >= 0.6 is 0 Å². The van der Waals surface area contributed by atoms with Gasteiger partial charge in [-0.2, -0.15) is 13.2 Å². The number of carbonyl (C=O) groups is 1. The summed E-state index contributed by atoms with van der Waals surface area (Å²) in [6, 6.07) is 2.12. The van der Waals surface area contributed by atoms with Crippen LogP contribution in [0.2, 0.25) is 0 Å². The lowest BCUT2D eigenvalue weighted by molar-refractivity contribution is -0.127. The largest absolute Gasteiger partial charge is 0.393 e. The summed E-state index contributed by atoms with van der Waals surface area (Å²) in [5.41, 5.74) is 5.18. The number of aromatic nitrogens is 2. The fourth-order valence-electron chi connectivity index (χ4n) is 1.65. The molecule has 2 aromatic rings. The van der Waals surface area contributed by atoms with Crippen LogP contribution in [0.4, 0.5) is 18.0 Å². The summed E-state index contributed by atoms with van der Waals surface area (Å²) in [5.74, 6) is 0. The topological polar surface area (TPSA) is 60.9 Å². The third-order valence-electron chi connectivity index (χ3n) is 2.27. The number of pyridine rings is 1. The lowest BCUT2D eigenvalue weighted by Gasteiger charge is -2.03. The molecule has 0 bridgehead atoms. The molecule has 0 aliphatic rings. The van der Waals surface area contributed by atoms with E-state index in [4.69, 9.17) is 5.73 Å². The summed E-state index contributed by atoms with van der Waals surface area (Å²) < 4.78 is 37.9. The molecule has 7 heteroatoms. The van der Waals surface area contributed by atoms with E-state index in [1.807, 2.05) is 0 Å². The van der Waals surface area contributed by atoms with Gasteiger partial charge in [-0.3, -0.25) is 4.57 Å². The van der Waals surface area contributed by atoms with Crippen LogP contribution < -0.4 is 5.73 Å². The molecule has 4 nitrogen and oxygen atoms in total. The highest BCUT2D eigenvalue weighted by Gasteiger charge is 2.30. The van der Waals surface area contributed by atoms with Gasteiger partial charge >= 0.3 is 12.2 Å². The van der Waals surface area contributed by atoms with Crippen molar-refractivity contribution >= 4 is 17.1 Å². The van der Waals surface area contributed by atoms with Crippen molar-refractivity contribution in [3.05, 3.63) is 30.1 Å². The van der Waals surface area contributed by atoms with Crippen molar-refractivity contribution in [2.24, 2.45) is 5.73 Å². The molecular weight excluding hydrogens is 235 g/mol. The Morgan fingerprint density at radius 1 is 1.47 bits per heavy atom. The van der Waals surface area contributed by atoms with Gasteiger partial charge in [0.15, 0.2) is 0 Å². The van der Waals surface area contributed by atoms with Gasteiger partial charge in [0, 0.05) is 17.8 Å². The SMILES string of the molecule is NC(=O)n1cc(CC(F)(F)F)c2cccnc21. The third-order valence-corrected chi connectivity index (χ3v) is 2.27. The van der Waals surface area contributed by atoms with Crippen molar-refractivity contribution in [1.82, 2.24) is 9.55 Å². The zero-order valence-electron chi connectivity index (χ0n) is 8.53. The molecule has 0 aliphatic heterocycles. The van der Waals surface area contributed by atoms with Gasteiger partial charge in [0.25, 0.3) is 0 Å². The first-order valence-corrected chi connectivity index (χ1v) is 4.70. The van der Waals surface area contributed by atoms with Crippen LogP contribution in [0.3, 0.4) is 0 Å². The molecule has 0 saturated carbocycles. The van der Waals surface area contributed by atoms with Crippen LogP contribution in [-0.4, -0.2) is 21.8 Å². The average Bonchev–Trinajstić information content (AvgIpc) is 2.55. The maximum absolute atomic E-state index is 12.3. The highest BCUT2D eigenvalue weighted by atomic mass is 19.4. The molecule has 1 amide bonds. The van der Waals surface area contributed by atoms with Crippen molar-refractivity contribution in [2.75, 3.05) is 0 Å². The number of fused-ring (bicyclic) bond motifs is 1. The van der Waals surface area contributed by atoms with Gasteiger partial charge in [-0.05, 0) is 17.7 Å². The predicted molar refractivity (Wildman–Crippen MR) is 54.5 cm³/mol. The molecule has 2 heterocycles. The van der Waals surface area contributed by atoms with Crippen LogP contribution in [0.1, 0.15) is 5.56 Å². The minimum Gasteiger partial charge on any atom is -0.351 e. The Morgan fingerprint density at radius 2 is 2.18 bits per heavy atom. The Balaban J connectivity index is 2.61. The summed E-state index contributed by atoms with van der Waals surface area (Å²) in [6.07, 6.45) is -2.99. The standard InChI is InChI=1S/C10H8F3N3O/c11-10(12,13)4-6-5-16(9(14)17)8-7(6)2-1-3-15-8/h1-3,5H,4H2,(H2,14,17). The van der Waals surface area contributed by atoms with Gasteiger partial charge < -0.3 is 5.73 Å². The highest BCUT2D eigenvalue weighted by Crippen LogP contribution is 2.27. The van der Waals surface area contributed by atoms with Gasteiger partial charge in [0.2, 0.25) is 0 Å². The Morgan fingerprint density at radius 3 is 2.76 bits per heavy atom. The second kappa shape index (κ2) is 3.76. The van der Waals surface area contributed by atoms with E-state index in [1.54, 1.807) is 0 Å². The zero-order chi connectivity index (χ0) is 12.6. The molecular formula is C10H8F3N3O. The fourth-order valence-corrected chi connectivity index (χ4v) is 1.65. The van der Waals surface area contributed by atoms with Gasteiger partial charge in [-0.15, -0.1) is 0 Å². The van der Waals surface area contributed by atoms with Crippen molar-refractivity contribution in [2.45, 2.75) is 12.6 Å². The van der Waals surface area contributed by atoms with Crippen LogP contribution in [0.5, 0.6) is 0 Å². The lowest BCUT2D eigenvalue weighted by Crippen LogP contribution is -2.18. The minimum absolute atomic E-state index is 0.0144. The van der Waals surface area contributed by atoms with E-state index >= 15 is 0 Å². The summed E-state index contributed by atoms with van der Waals surface area (Å²) in [7, 11) is 0. The van der Waals surface area contributed by atoms with Crippen molar-refractivity contribution in [3.8, 4) is 0 Å². The molecule has 90 valence electrons. The monoisotopic (exact) mass is 243 g/mol. The molecule has 2 aromatic heterocycles. The molecule has 0 aliphatic carbocycles. The molecule has 17 heavy (non-hydrogen) atoms. The summed E-state index contributed by atoms with van der Waals surface area (Å²) in [6.45, 7) is 0. The van der Waals surface area contributed by atoms with E-state index in [9.17, 15) is 18.0 Å². The van der Waals surface area contributed by atoms with E-state index in [0.29, 0.717) is 0 Å². The second-order valence-corrected chi connectivity index (χ2v) is 3.53. The molecule has 0 fully saturated rings. The first-order chi connectivity index (χ1) is 7.88. The van der Waals surface area contributed by atoms with Crippen molar-refractivity contribution in [3.63, 3.8) is 0 Å². The Labute approximate surface area is 93.8 Å². The molecule has 2 rings (SSSR count). The van der Waals surface area contributed by atoms with Gasteiger partial charge in [0.05, 0.1) is 6.42 Å². The average molecular weight is 243 g/mol. The highest BCUT2D eigenvalue weighted by molar-refractivity contribution is 5.90. The summed E-state index contributed by atoms with van der Waals surface area (Å²) in [4.78, 5) is 14.9. The van der Waals surface area contributed by atoms with Gasteiger partial charge in [-0.1, -0.05) is 0 Å². The second-order valence-electron chi connectivity index (χ2n) is 3.53. The number of carbonyl (C=O) groups excluding carboxylic acids is 1. The summed E-state index contributed by atoms with van der Waals surface area (Å²) in [5, 5.41) is 0.281. The number of alkyl halides is 3. The fraction of sp³-hybridized carbons (Fsp3) is 0.200. The number of nitrogens with zero attached hydrogens (tertiary/aromatic N) is 2. The van der Waals surface area contributed by atoms with E-state index < -0.39 is 18.6 Å². The minimum atomic E-state index is -4.34. The van der Waals surface area contributed by atoms with Crippen molar-refractivity contribution in [1.29, 1.82) is 0 Å². The molecule has 0 saturated heterocycles. The lowest BCUT2D eigenvalue weighted by atomic mass is 10.1. The molecule has 0 radical (unpaired) electrons. The zero-order valence-corrected chi connectivity index (χ0v) is 8.53. The predicted octanol–water partition coefficient (Wildman–Crippen LogP) is 2.07. The number of primary amides is 1. The quantitative estimate of drug-likeness (QED) is 0.833. The van der Waals surface area contributed by atoms with Crippen LogP contribution in [0.15, 0.2) is 24.5 Å². The van der Waals surface area contributed by atoms with Crippen LogP contribution in [0, 0.1) is 0 Å². The number of rotatable bonds is 1. The van der Waals surface area contributed by atoms with Crippen molar-refractivity contribution < 1.29 is 18.0 Å². The maximum Gasteiger partial charge on any atom is 0.393 e. The first-order valence-electron chi connectivity index (χ1n) is 4.70. The van der Waals surface area contributed by atoms with E-state index in [2.05, 4.69) is 4.98 Å². The van der Waals surface area contributed by atoms with E-state index in [0.717, 1.165) is 10.8 Å². The number of halogens is 3. The molecule has 0 aromatic carbocycles. The Hall–Kier alpha value is -2.05. The molecule has 2 N–H and O–H groups in total. The smallest absolute Gasteiger partial charge is 0.351 e. The number of hydrogen-bond donors (Lipinski definition) is 1. The number of amides is 1. The molecule has 0 atom stereocenters. The maximum atomic E-state index is 12.3. The number of nitrogens with two attached hydrogens (primary N) is 1. The van der Waals surface area contributed by atoms with Gasteiger partial charge in [-0.25, -0.2) is 9.78 Å². The van der Waals surface area contributed by atoms with E-state index in [1.165, 1.54) is 18.3 Å². The Bertz CT molecular complexity index is 574. The molecule has 0 spiro atoms. The molecule has 0 unspecified atom stereocenters. The first kappa shape index (κ1) is 11.4. The van der Waals surface area contributed by atoms with Crippen LogP contribution in [0.25, 0.3) is 11.0 Å². The normalized spacial score (nSPS) is 11.9. The van der Waals surface area contributed by atoms with Crippen LogP contribution in [-0.2, 0) is 6.42 Å².